The van der Waals surface area contributed by atoms with Gasteiger partial charge in [0.1, 0.15) is 17.1 Å². The summed E-state index contributed by atoms with van der Waals surface area (Å²) in [5, 5.41) is 18.1. The molecule has 0 spiro atoms. The lowest BCUT2D eigenvalue weighted by Crippen LogP contribution is -2.02. The first-order valence-corrected chi connectivity index (χ1v) is 6.63. The third-order valence-corrected chi connectivity index (χ3v) is 3.46. The predicted octanol–water partition coefficient (Wildman–Crippen LogP) is 1.95. The first kappa shape index (κ1) is 12.5. The summed E-state index contributed by atoms with van der Waals surface area (Å²) in [6, 6.07) is 12.2. The van der Waals surface area contributed by atoms with Crippen molar-refractivity contribution in [3.8, 4) is 34.2 Å². The highest BCUT2D eigenvalue weighted by Crippen LogP contribution is 2.37. The Balaban J connectivity index is 1.80. The number of aromatic hydroxyl groups is 1. The number of rotatable bonds is 2. The standard InChI is InChI=1S/C15H12N4O3/c16-15-14(9-5-6-12-13(7-9)22-8-21-12)17-18-19(15)10-3-1-2-4-11(10)20/h1-7,20H,8,16H2. The maximum atomic E-state index is 9.91. The molecule has 1 aliphatic heterocycles. The highest BCUT2D eigenvalue weighted by Gasteiger charge is 2.19. The van der Waals surface area contributed by atoms with Gasteiger partial charge in [0.05, 0.1) is 0 Å². The van der Waals surface area contributed by atoms with Gasteiger partial charge in [-0.3, -0.25) is 0 Å². The lowest BCUT2D eigenvalue weighted by atomic mass is 10.1. The largest absolute Gasteiger partial charge is 0.506 e. The van der Waals surface area contributed by atoms with Crippen LogP contribution < -0.4 is 15.2 Å². The molecule has 7 heteroatoms. The van der Waals surface area contributed by atoms with Crippen molar-refractivity contribution in [3.63, 3.8) is 0 Å². The Morgan fingerprint density at radius 1 is 1.09 bits per heavy atom. The molecule has 0 aliphatic carbocycles. The molecule has 0 saturated carbocycles. The molecular formula is C15H12N4O3. The molecule has 3 aromatic rings. The molecule has 0 atom stereocenters. The highest BCUT2D eigenvalue weighted by molar-refractivity contribution is 5.73. The summed E-state index contributed by atoms with van der Waals surface area (Å²) in [5.74, 6) is 1.75. The number of fused-ring (bicyclic) bond motifs is 1. The average molecular weight is 296 g/mol. The number of ether oxygens (including phenoxy) is 2. The van der Waals surface area contributed by atoms with Crippen LogP contribution in [0.4, 0.5) is 5.82 Å². The minimum absolute atomic E-state index is 0.0799. The van der Waals surface area contributed by atoms with Crippen molar-refractivity contribution in [2.45, 2.75) is 0 Å². The molecule has 7 nitrogen and oxygen atoms in total. The third-order valence-electron chi connectivity index (χ3n) is 3.46. The fourth-order valence-corrected chi connectivity index (χ4v) is 2.36. The molecule has 4 rings (SSSR count). The summed E-state index contributed by atoms with van der Waals surface area (Å²) >= 11 is 0. The molecule has 3 N–H and O–H groups in total. The van der Waals surface area contributed by atoms with Crippen molar-refractivity contribution in [1.82, 2.24) is 15.0 Å². The Kier molecular flexibility index (Phi) is 2.65. The number of para-hydroxylation sites is 2. The second-order valence-electron chi connectivity index (χ2n) is 4.79. The molecule has 0 bridgehead atoms. The van der Waals surface area contributed by atoms with Gasteiger partial charge in [0.25, 0.3) is 0 Å². The lowest BCUT2D eigenvalue weighted by Gasteiger charge is -2.05. The van der Waals surface area contributed by atoms with Gasteiger partial charge in [0.15, 0.2) is 17.3 Å². The second kappa shape index (κ2) is 4.66. The fourth-order valence-electron chi connectivity index (χ4n) is 2.36. The number of phenolic OH excluding ortho intramolecular Hbond substituents is 1. The smallest absolute Gasteiger partial charge is 0.231 e. The number of benzene rings is 2. The molecule has 0 fully saturated rings. The van der Waals surface area contributed by atoms with Crippen LogP contribution in [-0.2, 0) is 0 Å². The van der Waals surface area contributed by atoms with E-state index >= 15 is 0 Å². The number of nitrogens with zero attached hydrogens (tertiary/aromatic N) is 3. The van der Waals surface area contributed by atoms with E-state index in [9.17, 15) is 5.11 Å². The summed E-state index contributed by atoms with van der Waals surface area (Å²) < 4.78 is 12.0. The topological polar surface area (TPSA) is 95.4 Å². The van der Waals surface area contributed by atoms with Crippen LogP contribution in [0.1, 0.15) is 0 Å². The van der Waals surface area contributed by atoms with Crippen LogP contribution in [0.2, 0.25) is 0 Å². The van der Waals surface area contributed by atoms with Crippen molar-refractivity contribution in [1.29, 1.82) is 0 Å². The highest BCUT2D eigenvalue weighted by atomic mass is 16.7. The Labute approximate surface area is 125 Å². The van der Waals surface area contributed by atoms with E-state index in [2.05, 4.69) is 10.3 Å². The van der Waals surface area contributed by atoms with Crippen LogP contribution in [0.25, 0.3) is 16.9 Å². The van der Waals surface area contributed by atoms with Gasteiger partial charge in [-0.05, 0) is 30.3 Å². The number of hydrogen-bond donors (Lipinski definition) is 2. The van der Waals surface area contributed by atoms with Crippen LogP contribution in [0.15, 0.2) is 42.5 Å². The number of phenols is 1. The zero-order valence-corrected chi connectivity index (χ0v) is 11.4. The zero-order chi connectivity index (χ0) is 15.1. The molecule has 0 radical (unpaired) electrons. The number of nitrogens with two attached hydrogens (primary N) is 1. The first-order valence-electron chi connectivity index (χ1n) is 6.63. The summed E-state index contributed by atoms with van der Waals surface area (Å²) in [5.41, 5.74) is 7.89. The van der Waals surface area contributed by atoms with Crippen molar-refractivity contribution >= 4 is 5.82 Å². The summed E-state index contributed by atoms with van der Waals surface area (Å²) in [6.45, 7) is 0.207. The van der Waals surface area contributed by atoms with Gasteiger partial charge >= 0.3 is 0 Å². The molecule has 2 heterocycles. The van der Waals surface area contributed by atoms with Crippen LogP contribution in [-0.4, -0.2) is 26.9 Å². The van der Waals surface area contributed by atoms with Crippen LogP contribution in [0, 0.1) is 0 Å². The SMILES string of the molecule is Nc1c(-c2ccc3c(c2)OCO3)nnn1-c1ccccc1O. The van der Waals surface area contributed by atoms with E-state index in [4.69, 9.17) is 15.2 Å². The molecule has 1 aliphatic rings. The average Bonchev–Trinajstić information content (AvgIpc) is 3.13. The van der Waals surface area contributed by atoms with Crippen LogP contribution in [0.5, 0.6) is 17.2 Å². The first-order chi connectivity index (χ1) is 10.7. The Morgan fingerprint density at radius 3 is 2.77 bits per heavy atom. The predicted molar refractivity (Wildman–Crippen MR) is 79.0 cm³/mol. The van der Waals surface area contributed by atoms with Gasteiger partial charge < -0.3 is 20.3 Å². The maximum absolute atomic E-state index is 9.91. The summed E-state index contributed by atoms with van der Waals surface area (Å²) in [7, 11) is 0. The van der Waals surface area contributed by atoms with E-state index in [0.29, 0.717) is 28.7 Å². The van der Waals surface area contributed by atoms with E-state index in [1.807, 2.05) is 6.07 Å². The minimum atomic E-state index is 0.0799. The van der Waals surface area contributed by atoms with Gasteiger partial charge in [-0.25, -0.2) is 0 Å². The Hall–Kier alpha value is -3.22. The van der Waals surface area contributed by atoms with Crippen LogP contribution in [0.3, 0.4) is 0 Å². The molecule has 0 unspecified atom stereocenters. The molecule has 1 aromatic heterocycles. The zero-order valence-electron chi connectivity index (χ0n) is 11.4. The van der Waals surface area contributed by atoms with Gasteiger partial charge in [-0.1, -0.05) is 17.3 Å². The number of nitrogen functional groups attached to an aromatic ring is 1. The normalized spacial score (nSPS) is 12.5. The van der Waals surface area contributed by atoms with E-state index < -0.39 is 0 Å². The molecular weight excluding hydrogens is 284 g/mol. The quantitative estimate of drug-likeness (QED) is 0.750. The summed E-state index contributed by atoms with van der Waals surface area (Å²) in [6.07, 6.45) is 0. The van der Waals surface area contributed by atoms with Crippen molar-refractivity contribution in [2.75, 3.05) is 12.5 Å². The fraction of sp³-hybridized carbons (Fsp3) is 0.0667. The maximum Gasteiger partial charge on any atom is 0.231 e. The second-order valence-corrected chi connectivity index (χ2v) is 4.79. The number of anilines is 1. The van der Waals surface area contributed by atoms with E-state index in [0.717, 1.165) is 5.56 Å². The van der Waals surface area contributed by atoms with Crippen molar-refractivity contribution in [3.05, 3.63) is 42.5 Å². The Bertz CT molecular complexity index is 860. The van der Waals surface area contributed by atoms with Gasteiger partial charge in [-0.2, -0.15) is 4.68 Å². The summed E-state index contributed by atoms with van der Waals surface area (Å²) in [4.78, 5) is 0. The Morgan fingerprint density at radius 2 is 1.91 bits per heavy atom. The van der Waals surface area contributed by atoms with Crippen molar-refractivity contribution < 1.29 is 14.6 Å². The molecule has 0 saturated heterocycles. The van der Waals surface area contributed by atoms with E-state index in [-0.39, 0.29) is 12.5 Å². The monoisotopic (exact) mass is 296 g/mol. The van der Waals surface area contributed by atoms with Gasteiger partial charge in [0, 0.05) is 5.56 Å². The molecule has 22 heavy (non-hydrogen) atoms. The van der Waals surface area contributed by atoms with E-state index in [1.54, 1.807) is 36.4 Å². The van der Waals surface area contributed by atoms with Gasteiger partial charge in [0.2, 0.25) is 6.79 Å². The molecule has 110 valence electrons. The third kappa shape index (κ3) is 1.83. The number of aromatic nitrogens is 3. The molecule has 2 aromatic carbocycles. The lowest BCUT2D eigenvalue weighted by molar-refractivity contribution is 0.174. The minimum Gasteiger partial charge on any atom is -0.506 e. The van der Waals surface area contributed by atoms with Crippen LogP contribution >= 0.6 is 0 Å². The van der Waals surface area contributed by atoms with E-state index in [1.165, 1.54) is 4.68 Å². The number of hydrogen-bond acceptors (Lipinski definition) is 6. The van der Waals surface area contributed by atoms with Crippen molar-refractivity contribution in [2.24, 2.45) is 0 Å². The molecule has 0 amide bonds. The van der Waals surface area contributed by atoms with Gasteiger partial charge in [-0.15, -0.1) is 5.10 Å².